The fourth-order valence-corrected chi connectivity index (χ4v) is 3.95. The molecule has 0 radical (unpaired) electrons. The first-order chi connectivity index (χ1) is 13.0. The molecule has 3 aromatic rings. The first-order valence-corrected chi connectivity index (χ1v) is 9.51. The molecule has 7 nitrogen and oxygen atoms in total. The Kier molecular flexibility index (Phi) is 4.61. The highest BCUT2D eigenvalue weighted by Gasteiger charge is 2.29. The lowest BCUT2D eigenvalue weighted by atomic mass is 10.2. The molecule has 3 aromatic heterocycles. The second-order valence-electron chi connectivity index (χ2n) is 6.52. The molecule has 1 fully saturated rings. The highest BCUT2D eigenvalue weighted by atomic mass is 32.1. The van der Waals surface area contributed by atoms with Crippen LogP contribution in [0.1, 0.15) is 35.6 Å². The Hall–Kier alpha value is -2.81. The SMILES string of the molecule is CC(Nc1nc(C(=O)N2CCC(F)C2)c2sc(N)cc2n1)c1ccccn1. The van der Waals surface area contributed by atoms with E-state index in [1.165, 1.54) is 16.2 Å². The Morgan fingerprint density at radius 1 is 1.44 bits per heavy atom. The number of halogens is 1. The van der Waals surface area contributed by atoms with Gasteiger partial charge in [0.2, 0.25) is 5.95 Å². The van der Waals surface area contributed by atoms with Crippen LogP contribution in [0.5, 0.6) is 0 Å². The van der Waals surface area contributed by atoms with Crippen LogP contribution in [-0.4, -0.2) is 45.0 Å². The number of nitrogens with one attached hydrogen (secondary N) is 1. The van der Waals surface area contributed by atoms with Crippen molar-refractivity contribution in [1.82, 2.24) is 19.9 Å². The van der Waals surface area contributed by atoms with Crippen molar-refractivity contribution in [2.75, 3.05) is 24.1 Å². The molecule has 2 unspecified atom stereocenters. The summed E-state index contributed by atoms with van der Waals surface area (Å²) in [5.74, 6) is 0.0238. The van der Waals surface area contributed by atoms with Crippen molar-refractivity contribution in [2.45, 2.75) is 25.6 Å². The number of thiophene rings is 1. The second kappa shape index (κ2) is 7.07. The fraction of sp³-hybridized carbons (Fsp3) is 0.333. The average Bonchev–Trinajstić information content (AvgIpc) is 3.26. The Morgan fingerprint density at radius 3 is 3.00 bits per heavy atom. The number of carbonyl (C=O) groups excluding carboxylic acids is 1. The van der Waals surface area contributed by atoms with Crippen LogP contribution < -0.4 is 11.1 Å². The summed E-state index contributed by atoms with van der Waals surface area (Å²) in [4.78, 5) is 27.7. The maximum atomic E-state index is 13.5. The first-order valence-electron chi connectivity index (χ1n) is 8.69. The summed E-state index contributed by atoms with van der Waals surface area (Å²) in [6.07, 6.45) is 1.09. The van der Waals surface area contributed by atoms with Crippen LogP contribution in [-0.2, 0) is 0 Å². The number of anilines is 2. The average molecular weight is 386 g/mol. The summed E-state index contributed by atoms with van der Waals surface area (Å²) in [7, 11) is 0. The zero-order valence-corrected chi connectivity index (χ0v) is 15.5. The molecule has 1 amide bonds. The van der Waals surface area contributed by atoms with E-state index in [-0.39, 0.29) is 24.2 Å². The predicted octanol–water partition coefficient (Wildman–Crippen LogP) is 3.03. The van der Waals surface area contributed by atoms with Gasteiger partial charge in [-0.3, -0.25) is 9.78 Å². The first kappa shape index (κ1) is 17.6. The lowest BCUT2D eigenvalue weighted by molar-refractivity contribution is 0.0779. The Morgan fingerprint density at radius 2 is 2.30 bits per heavy atom. The van der Waals surface area contributed by atoms with E-state index in [2.05, 4.69) is 20.3 Å². The summed E-state index contributed by atoms with van der Waals surface area (Å²) in [5, 5.41) is 3.74. The van der Waals surface area contributed by atoms with Gasteiger partial charge >= 0.3 is 0 Å². The zero-order chi connectivity index (χ0) is 19.0. The van der Waals surface area contributed by atoms with Crippen LogP contribution in [0.25, 0.3) is 10.2 Å². The second-order valence-corrected chi connectivity index (χ2v) is 7.60. The summed E-state index contributed by atoms with van der Waals surface area (Å²) >= 11 is 1.26. The maximum Gasteiger partial charge on any atom is 0.274 e. The smallest absolute Gasteiger partial charge is 0.274 e. The summed E-state index contributed by atoms with van der Waals surface area (Å²) in [6.45, 7) is 2.42. The molecule has 3 N–H and O–H groups in total. The van der Waals surface area contributed by atoms with E-state index in [4.69, 9.17) is 5.73 Å². The molecule has 0 aliphatic carbocycles. The van der Waals surface area contributed by atoms with Crippen molar-refractivity contribution >= 4 is 38.4 Å². The van der Waals surface area contributed by atoms with Crippen molar-refractivity contribution in [3.63, 3.8) is 0 Å². The van der Waals surface area contributed by atoms with Crippen LogP contribution in [0.3, 0.4) is 0 Å². The summed E-state index contributed by atoms with van der Waals surface area (Å²) in [6, 6.07) is 7.22. The molecule has 140 valence electrons. The Bertz CT molecular complexity index is 979. The molecule has 2 atom stereocenters. The highest BCUT2D eigenvalue weighted by molar-refractivity contribution is 7.22. The fourth-order valence-electron chi connectivity index (χ4n) is 3.11. The number of likely N-dealkylation sites (tertiary alicyclic amines) is 1. The van der Waals surface area contributed by atoms with E-state index in [1.54, 1.807) is 12.3 Å². The lowest BCUT2D eigenvalue weighted by Gasteiger charge is -2.17. The number of hydrogen-bond acceptors (Lipinski definition) is 7. The highest BCUT2D eigenvalue weighted by Crippen LogP contribution is 2.31. The van der Waals surface area contributed by atoms with Gasteiger partial charge in [-0.05, 0) is 31.5 Å². The molecule has 4 rings (SSSR count). The molecule has 0 aromatic carbocycles. The van der Waals surface area contributed by atoms with Crippen LogP contribution in [0.4, 0.5) is 15.3 Å². The number of aromatic nitrogens is 3. The van der Waals surface area contributed by atoms with E-state index in [9.17, 15) is 9.18 Å². The maximum absolute atomic E-state index is 13.5. The monoisotopic (exact) mass is 386 g/mol. The molecule has 9 heteroatoms. The zero-order valence-electron chi connectivity index (χ0n) is 14.7. The number of fused-ring (bicyclic) bond motifs is 1. The molecule has 27 heavy (non-hydrogen) atoms. The minimum absolute atomic E-state index is 0.0955. The van der Waals surface area contributed by atoms with Gasteiger partial charge in [-0.25, -0.2) is 14.4 Å². The molecule has 4 heterocycles. The molecule has 1 aliphatic heterocycles. The van der Waals surface area contributed by atoms with E-state index in [0.29, 0.717) is 34.1 Å². The molecule has 1 saturated heterocycles. The van der Waals surface area contributed by atoms with E-state index < -0.39 is 6.17 Å². The number of nitrogens with two attached hydrogens (primary N) is 1. The van der Waals surface area contributed by atoms with Crippen molar-refractivity contribution in [2.24, 2.45) is 0 Å². The molecular formula is C18H19FN6OS. The van der Waals surface area contributed by atoms with Crippen molar-refractivity contribution in [1.29, 1.82) is 0 Å². The minimum Gasteiger partial charge on any atom is -0.391 e. The number of amides is 1. The standard InChI is InChI=1S/C18H19FN6OS/c1-10(12-4-2-3-6-21-12)22-18-23-13-8-14(20)27-16(13)15(24-18)17(26)25-7-5-11(19)9-25/h2-4,6,8,10-11H,5,7,9,20H2,1H3,(H,22,23,24). The number of rotatable bonds is 4. The predicted molar refractivity (Wildman–Crippen MR) is 104 cm³/mol. The molecule has 1 aliphatic rings. The van der Waals surface area contributed by atoms with Crippen LogP contribution in [0, 0.1) is 0 Å². The van der Waals surface area contributed by atoms with Gasteiger partial charge in [0, 0.05) is 12.7 Å². The van der Waals surface area contributed by atoms with E-state index in [1.807, 2.05) is 25.1 Å². The van der Waals surface area contributed by atoms with Crippen LogP contribution in [0.15, 0.2) is 30.5 Å². The van der Waals surface area contributed by atoms with Gasteiger partial charge in [0.1, 0.15) is 6.17 Å². The topological polar surface area (TPSA) is 97.0 Å². The third-order valence-corrected chi connectivity index (χ3v) is 5.45. The van der Waals surface area contributed by atoms with Gasteiger partial charge in [-0.15, -0.1) is 11.3 Å². The quantitative estimate of drug-likeness (QED) is 0.715. The number of pyridine rings is 1. The Labute approximate surface area is 159 Å². The minimum atomic E-state index is -0.985. The van der Waals surface area contributed by atoms with E-state index in [0.717, 1.165) is 5.69 Å². The molecule has 0 spiro atoms. The number of carbonyl (C=O) groups is 1. The largest absolute Gasteiger partial charge is 0.391 e. The third-order valence-electron chi connectivity index (χ3n) is 4.49. The summed E-state index contributed by atoms with van der Waals surface area (Å²) < 4.78 is 14.2. The number of nitrogens with zero attached hydrogens (tertiary/aromatic N) is 4. The van der Waals surface area contributed by atoms with Gasteiger partial charge < -0.3 is 16.0 Å². The number of alkyl halides is 1. The van der Waals surface area contributed by atoms with Crippen LogP contribution >= 0.6 is 11.3 Å². The van der Waals surface area contributed by atoms with Crippen molar-refractivity contribution < 1.29 is 9.18 Å². The van der Waals surface area contributed by atoms with Gasteiger partial charge in [-0.1, -0.05) is 6.07 Å². The lowest BCUT2D eigenvalue weighted by Crippen LogP contribution is -2.30. The van der Waals surface area contributed by atoms with Gasteiger partial charge in [-0.2, -0.15) is 0 Å². The normalized spacial score (nSPS) is 18.0. The van der Waals surface area contributed by atoms with Gasteiger partial charge in [0.15, 0.2) is 5.69 Å². The van der Waals surface area contributed by atoms with Gasteiger partial charge in [0.25, 0.3) is 5.91 Å². The number of nitrogen functional groups attached to an aromatic ring is 1. The molecule has 0 bridgehead atoms. The Balaban J connectivity index is 1.69. The molecule has 0 saturated carbocycles. The van der Waals surface area contributed by atoms with Gasteiger partial charge in [0.05, 0.1) is 33.5 Å². The van der Waals surface area contributed by atoms with E-state index >= 15 is 0 Å². The number of hydrogen-bond donors (Lipinski definition) is 2. The van der Waals surface area contributed by atoms with Crippen molar-refractivity contribution in [3.05, 3.63) is 41.9 Å². The summed E-state index contributed by atoms with van der Waals surface area (Å²) in [5.41, 5.74) is 7.60. The van der Waals surface area contributed by atoms with Crippen molar-refractivity contribution in [3.8, 4) is 0 Å². The third kappa shape index (κ3) is 3.55. The van der Waals surface area contributed by atoms with Crippen LogP contribution in [0.2, 0.25) is 0 Å². The molecular weight excluding hydrogens is 367 g/mol.